The van der Waals surface area contributed by atoms with Gasteiger partial charge in [-0.15, -0.1) is 21.5 Å². The molecule has 0 bridgehead atoms. The van der Waals surface area contributed by atoms with Crippen LogP contribution in [0.15, 0.2) is 12.1 Å². The topological polar surface area (TPSA) is 55.6 Å². The van der Waals surface area contributed by atoms with Crippen LogP contribution in [0.5, 0.6) is 0 Å². The Balaban J connectivity index is 1.79. The van der Waals surface area contributed by atoms with Gasteiger partial charge in [0.1, 0.15) is 0 Å². The molecule has 0 saturated heterocycles. The van der Waals surface area contributed by atoms with Gasteiger partial charge in [0.25, 0.3) is 0 Å². The zero-order chi connectivity index (χ0) is 12.3. The Morgan fingerprint density at radius 3 is 2.88 bits per heavy atom. The summed E-state index contributed by atoms with van der Waals surface area (Å²) in [5.41, 5.74) is 0. The average Bonchev–Trinajstić information content (AvgIpc) is 2.85. The van der Waals surface area contributed by atoms with E-state index >= 15 is 0 Å². The molecule has 5 nitrogen and oxygen atoms in total. The molecule has 2 aromatic heterocycles. The maximum atomic E-state index is 4.13. The van der Waals surface area contributed by atoms with E-state index < -0.39 is 0 Å². The van der Waals surface area contributed by atoms with Crippen LogP contribution in [-0.2, 0) is 20.0 Å². The fourth-order valence-corrected chi connectivity index (χ4v) is 2.65. The molecule has 0 spiro atoms. The summed E-state index contributed by atoms with van der Waals surface area (Å²) in [6, 6.07) is 4.77. The molecule has 1 N–H and O–H groups in total. The van der Waals surface area contributed by atoms with Gasteiger partial charge in [0.2, 0.25) is 0 Å². The van der Waals surface area contributed by atoms with Gasteiger partial charge in [0, 0.05) is 15.8 Å². The molecular formula is C11H17N5S. The van der Waals surface area contributed by atoms with Crippen molar-refractivity contribution in [2.45, 2.75) is 32.9 Å². The van der Waals surface area contributed by atoms with Gasteiger partial charge in [0.15, 0.2) is 5.82 Å². The Kier molecular flexibility index (Phi) is 3.86. The van der Waals surface area contributed by atoms with Crippen molar-refractivity contribution in [2.24, 2.45) is 7.05 Å². The fraction of sp³-hybridized carbons (Fsp3) is 0.545. The number of hydrogen-bond acceptors (Lipinski definition) is 5. The lowest BCUT2D eigenvalue weighted by Crippen LogP contribution is -2.27. The number of nitrogens with zero attached hydrogens (tertiary/aromatic N) is 4. The van der Waals surface area contributed by atoms with Gasteiger partial charge in [0.05, 0.1) is 13.6 Å². The number of thiophene rings is 1. The summed E-state index contributed by atoms with van der Waals surface area (Å²) in [5, 5.41) is 15.3. The predicted molar refractivity (Wildman–Crippen MR) is 67.9 cm³/mol. The molecule has 1 atom stereocenters. The summed E-state index contributed by atoms with van der Waals surface area (Å²) in [4.78, 5) is 4.25. The van der Waals surface area contributed by atoms with Gasteiger partial charge in [-0.3, -0.25) is 0 Å². The summed E-state index contributed by atoms with van der Waals surface area (Å²) in [6.07, 6.45) is 1.04. The number of aryl methyl sites for hydroxylation is 2. The van der Waals surface area contributed by atoms with Crippen molar-refractivity contribution in [2.75, 3.05) is 0 Å². The molecule has 0 aliphatic carbocycles. The second-order valence-corrected chi connectivity index (χ2v) is 5.57. The van der Waals surface area contributed by atoms with Crippen LogP contribution >= 0.6 is 11.3 Å². The van der Waals surface area contributed by atoms with Gasteiger partial charge < -0.3 is 5.32 Å². The van der Waals surface area contributed by atoms with E-state index in [-0.39, 0.29) is 0 Å². The van der Waals surface area contributed by atoms with Crippen LogP contribution in [0.1, 0.15) is 22.5 Å². The Hall–Kier alpha value is -1.27. The van der Waals surface area contributed by atoms with Crippen molar-refractivity contribution in [1.82, 2.24) is 25.5 Å². The molecule has 2 heterocycles. The first-order valence-electron chi connectivity index (χ1n) is 5.65. The van der Waals surface area contributed by atoms with Crippen molar-refractivity contribution in [3.63, 3.8) is 0 Å². The molecule has 0 aliphatic rings. The molecular weight excluding hydrogens is 234 g/mol. The van der Waals surface area contributed by atoms with Crippen LogP contribution in [0.3, 0.4) is 0 Å². The third-order valence-electron chi connectivity index (χ3n) is 2.46. The molecule has 0 aromatic carbocycles. The highest BCUT2D eigenvalue weighted by molar-refractivity contribution is 7.11. The third-order valence-corrected chi connectivity index (χ3v) is 3.48. The smallest absolute Gasteiger partial charge is 0.188 e. The molecule has 92 valence electrons. The monoisotopic (exact) mass is 251 g/mol. The van der Waals surface area contributed by atoms with Crippen LogP contribution in [0.2, 0.25) is 0 Å². The van der Waals surface area contributed by atoms with E-state index in [9.17, 15) is 0 Å². The highest BCUT2D eigenvalue weighted by Crippen LogP contribution is 2.16. The molecule has 2 aromatic rings. The summed E-state index contributed by atoms with van der Waals surface area (Å²) < 4.78 is 0. The minimum atomic E-state index is 0.414. The number of tetrazole rings is 1. The summed E-state index contributed by atoms with van der Waals surface area (Å²) in [6.45, 7) is 4.97. The first-order valence-corrected chi connectivity index (χ1v) is 6.46. The Labute approximate surface area is 105 Å². The maximum absolute atomic E-state index is 4.13. The van der Waals surface area contributed by atoms with E-state index in [0.29, 0.717) is 12.6 Å². The second kappa shape index (κ2) is 5.37. The quantitative estimate of drug-likeness (QED) is 0.870. The van der Waals surface area contributed by atoms with Crippen LogP contribution in [0.25, 0.3) is 0 Å². The van der Waals surface area contributed by atoms with Crippen molar-refractivity contribution in [3.8, 4) is 0 Å². The largest absolute Gasteiger partial charge is 0.307 e. The van der Waals surface area contributed by atoms with Crippen LogP contribution < -0.4 is 5.32 Å². The summed E-state index contributed by atoms with van der Waals surface area (Å²) in [7, 11) is 1.77. The van der Waals surface area contributed by atoms with Crippen LogP contribution in [0, 0.1) is 6.92 Å². The fourth-order valence-electron chi connectivity index (χ4n) is 1.63. The number of hydrogen-bond donors (Lipinski definition) is 1. The van der Waals surface area contributed by atoms with E-state index in [1.807, 2.05) is 11.3 Å². The molecule has 1 unspecified atom stereocenters. The first kappa shape index (κ1) is 12.2. The summed E-state index contributed by atoms with van der Waals surface area (Å²) in [5.74, 6) is 0.738. The lowest BCUT2D eigenvalue weighted by molar-refractivity contribution is 0.534. The zero-order valence-electron chi connectivity index (χ0n) is 10.3. The lowest BCUT2D eigenvalue weighted by atomic mass is 10.2. The highest BCUT2D eigenvalue weighted by atomic mass is 32.1. The highest BCUT2D eigenvalue weighted by Gasteiger charge is 2.07. The Bertz CT molecular complexity index is 476. The number of aromatic nitrogens is 4. The molecule has 0 fully saturated rings. The Morgan fingerprint density at radius 1 is 1.47 bits per heavy atom. The van der Waals surface area contributed by atoms with Crippen LogP contribution in [0.4, 0.5) is 0 Å². The molecule has 0 saturated carbocycles. The second-order valence-electron chi connectivity index (χ2n) is 4.19. The molecule has 17 heavy (non-hydrogen) atoms. The lowest BCUT2D eigenvalue weighted by Gasteiger charge is -2.10. The molecule has 0 aliphatic heterocycles. The molecule has 0 radical (unpaired) electrons. The van der Waals surface area contributed by atoms with E-state index in [0.717, 1.165) is 12.2 Å². The van der Waals surface area contributed by atoms with Crippen molar-refractivity contribution in [3.05, 3.63) is 27.7 Å². The minimum absolute atomic E-state index is 0.414. The van der Waals surface area contributed by atoms with Gasteiger partial charge in [-0.05, 0) is 37.6 Å². The minimum Gasteiger partial charge on any atom is -0.307 e. The average molecular weight is 251 g/mol. The first-order chi connectivity index (χ1) is 8.13. The van der Waals surface area contributed by atoms with E-state index in [2.05, 4.69) is 46.7 Å². The van der Waals surface area contributed by atoms with Gasteiger partial charge in [-0.1, -0.05) is 0 Å². The van der Waals surface area contributed by atoms with Gasteiger partial charge >= 0.3 is 0 Å². The normalized spacial score (nSPS) is 12.9. The molecule has 2 rings (SSSR count). The van der Waals surface area contributed by atoms with Crippen molar-refractivity contribution < 1.29 is 0 Å². The molecule has 0 amide bonds. The third kappa shape index (κ3) is 3.61. The van der Waals surface area contributed by atoms with E-state index in [1.165, 1.54) is 14.6 Å². The Morgan fingerprint density at radius 2 is 2.29 bits per heavy atom. The van der Waals surface area contributed by atoms with E-state index in [1.54, 1.807) is 7.05 Å². The van der Waals surface area contributed by atoms with Gasteiger partial charge in [-0.2, -0.15) is 4.80 Å². The zero-order valence-corrected chi connectivity index (χ0v) is 11.2. The van der Waals surface area contributed by atoms with E-state index in [4.69, 9.17) is 0 Å². The maximum Gasteiger partial charge on any atom is 0.188 e. The standard InChI is InChI=1S/C11H17N5S/c1-8(6-10-5-4-9(2)17-10)12-7-11-13-15-16(3)14-11/h4-5,8,12H,6-7H2,1-3H3. The molecule has 6 heteroatoms. The van der Waals surface area contributed by atoms with Gasteiger partial charge in [-0.25, -0.2) is 0 Å². The van der Waals surface area contributed by atoms with Crippen LogP contribution in [-0.4, -0.2) is 26.2 Å². The number of nitrogens with one attached hydrogen (secondary N) is 1. The van der Waals surface area contributed by atoms with Crippen molar-refractivity contribution in [1.29, 1.82) is 0 Å². The summed E-state index contributed by atoms with van der Waals surface area (Å²) >= 11 is 1.85. The predicted octanol–water partition coefficient (Wildman–Crippen LogP) is 1.30. The number of rotatable bonds is 5. The SMILES string of the molecule is Cc1ccc(CC(C)NCc2nnn(C)n2)s1. The van der Waals surface area contributed by atoms with Crippen molar-refractivity contribution >= 4 is 11.3 Å².